The summed E-state index contributed by atoms with van der Waals surface area (Å²) in [5.74, 6) is 0. The minimum absolute atomic E-state index is 0.0696. The molecule has 154 valence electrons. The van der Waals surface area contributed by atoms with Gasteiger partial charge in [-0.2, -0.15) is 5.26 Å². The van der Waals surface area contributed by atoms with Crippen molar-refractivity contribution >= 4 is 44.8 Å². The maximum Gasteiger partial charge on any atom is 0.241 e. The van der Waals surface area contributed by atoms with Gasteiger partial charge in [0.25, 0.3) is 0 Å². The van der Waals surface area contributed by atoms with Gasteiger partial charge in [0.2, 0.25) is 10.0 Å². The Hall–Kier alpha value is -2.07. The Morgan fingerprint density at radius 3 is 1.90 bits per heavy atom. The highest BCUT2D eigenvalue weighted by atomic mass is 35.5. The van der Waals surface area contributed by atoms with Gasteiger partial charge < -0.3 is 0 Å². The Morgan fingerprint density at radius 2 is 1.40 bits per heavy atom. The zero-order valence-corrected chi connectivity index (χ0v) is 18.9. The molecule has 0 saturated heterocycles. The van der Waals surface area contributed by atoms with E-state index in [9.17, 15) is 13.7 Å². The Balaban J connectivity index is 2.13. The second-order valence-electron chi connectivity index (χ2n) is 6.75. The van der Waals surface area contributed by atoms with Gasteiger partial charge in [-0.15, -0.1) is 0 Å². The summed E-state index contributed by atoms with van der Waals surface area (Å²) < 4.78 is 28.8. The molecule has 0 heterocycles. The molecule has 8 heteroatoms. The van der Waals surface area contributed by atoms with Gasteiger partial charge in [-0.3, -0.25) is 0 Å². The van der Waals surface area contributed by atoms with Gasteiger partial charge in [0, 0.05) is 10.0 Å². The second kappa shape index (κ2) is 8.97. The predicted octanol–water partition coefficient (Wildman–Crippen LogP) is 5.98. The molecule has 2 unspecified atom stereocenters. The van der Waals surface area contributed by atoms with E-state index in [0.29, 0.717) is 21.2 Å². The first kappa shape index (κ1) is 22.6. The monoisotopic (exact) mass is 478 g/mol. The van der Waals surface area contributed by atoms with Crippen LogP contribution in [0.2, 0.25) is 10.0 Å². The summed E-state index contributed by atoms with van der Waals surface area (Å²) >= 11 is 18.8. The van der Waals surface area contributed by atoms with E-state index in [1.54, 1.807) is 60.7 Å². The fourth-order valence-corrected chi connectivity index (χ4v) is 4.84. The van der Waals surface area contributed by atoms with E-state index in [4.69, 9.17) is 34.8 Å². The molecule has 4 nitrogen and oxygen atoms in total. The van der Waals surface area contributed by atoms with E-state index < -0.39 is 20.9 Å². The highest BCUT2D eigenvalue weighted by Gasteiger charge is 2.42. The lowest BCUT2D eigenvalue weighted by Gasteiger charge is -2.31. The van der Waals surface area contributed by atoms with Crippen molar-refractivity contribution in [2.45, 2.75) is 22.7 Å². The normalized spacial score (nSPS) is 14.5. The van der Waals surface area contributed by atoms with Crippen LogP contribution in [0.15, 0.2) is 77.7 Å². The van der Waals surface area contributed by atoms with E-state index in [2.05, 4.69) is 10.8 Å². The fraction of sp³-hybridized carbons (Fsp3) is 0.136. The maximum absolute atomic E-state index is 13.1. The molecule has 3 rings (SSSR count). The molecule has 2 atom stereocenters. The first-order valence-electron chi connectivity index (χ1n) is 8.86. The largest absolute Gasteiger partial charge is 0.241 e. The van der Waals surface area contributed by atoms with Crippen LogP contribution in [0.5, 0.6) is 0 Å². The van der Waals surface area contributed by atoms with Crippen LogP contribution >= 0.6 is 34.8 Å². The Bertz CT molecular complexity index is 1170. The minimum Gasteiger partial charge on any atom is -0.207 e. The molecule has 0 aliphatic carbocycles. The quantitative estimate of drug-likeness (QED) is 0.442. The molecule has 0 radical (unpaired) electrons. The molecule has 1 N–H and O–H groups in total. The summed E-state index contributed by atoms with van der Waals surface area (Å²) in [7, 11) is -3.99. The SMILES string of the molecule is Cc1ccc(S(=O)(=O)NC(c2ccc(Cl)cc2)C(Cl)(C#N)c2ccc(Cl)cc2)cc1. The number of alkyl halides is 1. The van der Waals surface area contributed by atoms with Gasteiger partial charge in [0.1, 0.15) is 0 Å². The van der Waals surface area contributed by atoms with Crippen molar-refractivity contribution in [3.8, 4) is 6.07 Å². The van der Waals surface area contributed by atoms with Crippen LogP contribution in [0.1, 0.15) is 22.7 Å². The summed E-state index contributed by atoms with van der Waals surface area (Å²) in [5.41, 5.74) is 1.82. The van der Waals surface area contributed by atoms with Crippen molar-refractivity contribution in [3.05, 3.63) is 99.5 Å². The first-order chi connectivity index (χ1) is 14.2. The van der Waals surface area contributed by atoms with E-state index in [1.807, 2.05) is 6.92 Å². The third-order valence-corrected chi connectivity index (χ3v) is 7.10. The number of benzene rings is 3. The van der Waals surface area contributed by atoms with Crippen molar-refractivity contribution in [2.24, 2.45) is 0 Å². The standard InChI is InChI=1S/C22H17Cl3N2O2S/c1-15-2-12-20(13-3-15)30(28,29)27-21(16-4-8-18(23)9-5-16)22(25,14-26)17-6-10-19(24)11-7-17/h2-13,21,27H,1H3. The Morgan fingerprint density at radius 1 is 0.900 bits per heavy atom. The molecule has 0 aliphatic rings. The number of rotatable bonds is 6. The molecule has 3 aromatic rings. The lowest BCUT2D eigenvalue weighted by Crippen LogP contribution is -2.40. The van der Waals surface area contributed by atoms with E-state index in [0.717, 1.165) is 5.56 Å². The van der Waals surface area contributed by atoms with Crippen LogP contribution in [-0.4, -0.2) is 8.42 Å². The first-order valence-corrected chi connectivity index (χ1v) is 11.5. The molecule has 0 aliphatic heterocycles. The third-order valence-electron chi connectivity index (χ3n) is 4.63. The highest BCUT2D eigenvalue weighted by molar-refractivity contribution is 7.89. The number of nitriles is 1. The van der Waals surface area contributed by atoms with Crippen LogP contribution < -0.4 is 4.72 Å². The molecule has 0 fully saturated rings. The number of halogens is 3. The summed E-state index contributed by atoms with van der Waals surface area (Å²) in [6.07, 6.45) is 0. The molecule has 3 aromatic carbocycles. The number of aryl methyl sites for hydroxylation is 1. The number of hydrogen-bond donors (Lipinski definition) is 1. The molecular weight excluding hydrogens is 463 g/mol. The highest BCUT2D eigenvalue weighted by Crippen LogP contribution is 2.42. The minimum atomic E-state index is -3.99. The smallest absolute Gasteiger partial charge is 0.207 e. The summed E-state index contributed by atoms with van der Waals surface area (Å²) in [5, 5.41) is 11.0. The number of nitrogens with one attached hydrogen (secondary N) is 1. The maximum atomic E-state index is 13.1. The zero-order valence-electron chi connectivity index (χ0n) is 15.8. The molecular formula is C22H17Cl3N2O2S. The lowest BCUT2D eigenvalue weighted by atomic mass is 9.88. The summed E-state index contributed by atoms with van der Waals surface area (Å²) in [6, 6.07) is 20.2. The van der Waals surface area contributed by atoms with Crippen molar-refractivity contribution < 1.29 is 8.42 Å². The van der Waals surface area contributed by atoms with Gasteiger partial charge in [-0.05, 0) is 54.4 Å². The summed E-state index contributed by atoms with van der Waals surface area (Å²) in [4.78, 5) is -1.67. The van der Waals surface area contributed by atoms with E-state index in [-0.39, 0.29) is 4.90 Å². The topological polar surface area (TPSA) is 70.0 Å². The van der Waals surface area contributed by atoms with Gasteiger partial charge in [0.05, 0.1) is 17.0 Å². The Kier molecular flexibility index (Phi) is 6.76. The third kappa shape index (κ3) is 4.80. The number of nitrogens with zero attached hydrogens (tertiary/aromatic N) is 1. The fourth-order valence-electron chi connectivity index (χ4n) is 2.96. The molecule has 0 amide bonds. The van der Waals surface area contributed by atoms with Crippen molar-refractivity contribution in [1.82, 2.24) is 4.72 Å². The molecule has 30 heavy (non-hydrogen) atoms. The van der Waals surface area contributed by atoms with Gasteiger partial charge in [-0.25, -0.2) is 13.1 Å². The number of sulfonamides is 1. The average Bonchev–Trinajstić information content (AvgIpc) is 2.73. The van der Waals surface area contributed by atoms with Crippen LogP contribution in [-0.2, 0) is 14.9 Å². The van der Waals surface area contributed by atoms with E-state index in [1.165, 1.54) is 12.1 Å². The van der Waals surface area contributed by atoms with Gasteiger partial charge >= 0.3 is 0 Å². The molecule has 0 bridgehead atoms. The number of hydrogen-bond acceptors (Lipinski definition) is 3. The molecule has 0 spiro atoms. The van der Waals surface area contributed by atoms with Crippen molar-refractivity contribution in [2.75, 3.05) is 0 Å². The molecule has 0 saturated carbocycles. The van der Waals surface area contributed by atoms with Crippen molar-refractivity contribution in [3.63, 3.8) is 0 Å². The zero-order chi connectivity index (χ0) is 21.9. The van der Waals surface area contributed by atoms with Gasteiger partial charge in [-0.1, -0.05) is 76.8 Å². The van der Waals surface area contributed by atoms with Crippen LogP contribution in [0.4, 0.5) is 0 Å². The summed E-state index contributed by atoms with van der Waals surface area (Å²) in [6.45, 7) is 1.86. The predicted molar refractivity (Wildman–Crippen MR) is 120 cm³/mol. The van der Waals surface area contributed by atoms with Crippen LogP contribution in [0.25, 0.3) is 0 Å². The van der Waals surface area contributed by atoms with Crippen molar-refractivity contribution in [1.29, 1.82) is 5.26 Å². The van der Waals surface area contributed by atoms with E-state index >= 15 is 0 Å². The van der Waals surface area contributed by atoms with Crippen LogP contribution in [0, 0.1) is 18.3 Å². The van der Waals surface area contributed by atoms with Gasteiger partial charge in [0.15, 0.2) is 4.87 Å². The Labute approximate surface area is 191 Å². The lowest BCUT2D eigenvalue weighted by molar-refractivity contribution is 0.514. The second-order valence-corrected chi connectivity index (χ2v) is 9.93. The average molecular weight is 480 g/mol. The molecule has 0 aromatic heterocycles. The van der Waals surface area contributed by atoms with Crippen LogP contribution in [0.3, 0.4) is 0 Å².